The molecule has 7 heteroatoms. The first-order chi connectivity index (χ1) is 15.4. The standard InChI is InChI=1S/C25H25FN2O4/c1-16-18(14-23(29)30)13-17-3-4-19(26)15-22(17)24(16)25(31)28-11-9-27(10-12-28)20-5-7-21(32-2)8-6-20/h3-8,13,15H,9-12,14H2,1-2H3,(H,29,30). The van der Waals surface area contributed by atoms with Crippen LogP contribution in [0.25, 0.3) is 10.8 Å². The van der Waals surface area contributed by atoms with Crippen molar-refractivity contribution in [1.29, 1.82) is 0 Å². The molecule has 0 saturated carbocycles. The molecule has 1 heterocycles. The Morgan fingerprint density at radius 2 is 1.72 bits per heavy atom. The van der Waals surface area contributed by atoms with Gasteiger partial charge in [0.1, 0.15) is 11.6 Å². The van der Waals surface area contributed by atoms with E-state index in [1.54, 1.807) is 31.1 Å². The van der Waals surface area contributed by atoms with Gasteiger partial charge in [0.05, 0.1) is 19.1 Å². The lowest BCUT2D eigenvalue weighted by Crippen LogP contribution is -2.49. The van der Waals surface area contributed by atoms with E-state index < -0.39 is 11.8 Å². The maximum absolute atomic E-state index is 14.0. The fourth-order valence-electron chi connectivity index (χ4n) is 4.27. The summed E-state index contributed by atoms with van der Waals surface area (Å²) in [4.78, 5) is 28.8. The predicted molar refractivity (Wildman–Crippen MR) is 121 cm³/mol. The first-order valence-corrected chi connectivity index (χ1v) is 10.5. The Balaban J connectivity index is 1.61. The monoisotopic (exact) mass is 436 g/mol. The topological polar surface area (TPSA) is 70.1 Å². The first-order valence-electron chi connectivity index (χ1n) is 10.5. The van der Waals surface area contributed by atoms with E-state index in [2.05, 4.69) is 4.90 Å². The molecule has 0 radical (unpaired) electrons. The number of methoxy groups -OCH3 is 1. The van der Waals surface area contributed by atoms with Crippen molar-refractivity contribution in [2.45, 2.75) is 13.3 Å². The second-order valence-electron chi connectivity index (χ2n) is 7.95. The lowest BCUT2D eigenvalue weighted by Gasteiger charge is -2.36. The van der Waals surface area contributed by atoms with E-state index in [0.717, 1.165) is 11.4 Å². The smallest absolute Gasteiger partial charge is 0.307 e. The minimum Gasteiger partial charge on any atom is -0.497 e. The van der Waals surface area contributed by atoms with Crippen LogP contribution in [-0.2, 0) is 11.2 Å². The number of hydrogen-bond acceptors (Lipinski definition) is 4. The highest BCUT2D eigenvalue weighted by Gasteiger charge is 2.26. The Morgan fingerprint density at radius 1 is 1.03 bits per heavy atom. The van der Waals surface area contributed by atoms with Crippen molar-refractivity contribution in [2.75, 3.05) is 38.2 Å². The van der Waals surface area contributed by atoms with Crippen molar-refractivity contribution in [1.82, 2.24) is 4.90 Å². The van der Waals surface area contributed by atoms with Crippen LogP contribution in [0.1, 0.15) is 21.5 Å². The molecule has 1 aliphatic rings. The number of piperazine rings is 1. The summed E-state index contributed by atoms with van der Waals surface area (Å²) in [5, 5.41) is 10.5. The summed E-state index contributed by atoms with van der Waals surface area (Å²) in [5.41, 5.74) is 2.60. The van der Waals surface area contributed by atoms with Crippen molar-refractivity contribution in [3.63, 3.8) is 0 Å². The SMILES string of the molecule is COc1ccc(N2CCN(C(=O)c3c(C)c(CC(=O)O)cc4ccc(F)cc34)CC2)cc1. The lowest BCUT2D eigenvalue weighted by molar-refractivity contribution is -0.136. The molecule has 0 bridgehead atoms. The summed E-state index contributed by atoms with van der Waals surface area (Å²) in [6.45, 7) is 4.11. The second-order valence-corrected chi connectivity index (χ2v) is 7.95. The maximum atomic E-state index is 14.0. The fourth-order valence-corrected chi connectivity index (χ4v) is 4.27. The molecule has 0 aliphatic carbocycles. The number of carbonyl (C=O) groups is 2. The van der Waals surface area contributed by atoms with Crippen molar-refractivity contribution in [3.8, 4) is 5.75 Å². The molecule has 6 nitrogen and oxygen atoms in total. The van der Waals surface area contributed by atoms with E-state index in [4.69, 9.17) is 4.74 Å². The quantitative estimate of drug-likeness (QED) is 0.657. The Bertz CT molecular complexity index is 1170. The summed E-state index contributed by atoms with van der Waals surface area (Å²) >= 11 is 0. The van der Waals surface area contributed by atoms with Crippen LogP contribution in [0, 0.1) is 12.7 Å². The number of fused-ring (bicyclic) bond motifs is 1. The predicted octanol–water partition coefficient (Wildman–Crippen LogP) is 3.89. The molecule has 1 N–H and O–H groups in total. The fraction of sp³-hybridized carbons (Fsp3) is 0.280. The molecule has 4 rings (SSSR count). The molecule has 0 unspecified atom stereocenters. The second kappa shape index (κ2) is 8.86. The van der Waals surface area contributed by atoms with Crippen molar-refractivity contribution in [3.05, 3.63) is 71.0 Å². The van der Waals surface area contributed by atoms with E-state index in [1.165, 1.54) is 12.1 Å². The van der Waals surface area contributed by atoms with Gasteiger partial charge in [-0.15, -0.1) is 0 Å². The number of carboxylic acid groups (broad SMARTS) is 1. The van der Waals surface area contributed by atoms with Gasteiger partial charge in [-0.3, -0.25) is 9.59 Å². The molecule has 32 heavy (non-hydrogen) atoms. The highest BCUT2D eigenvalue weighted by molar-refractivity contribution is 6.09. The first kappa shape index (κ1) is 21.6. The molecule has 1 aliphatic heterocycles. The average molecular weight is 436 g/mol. The number of aliphatic carboxylic acids is 1. The van der Waals surface area contributed by atoms with Crippen molar-refractivity contribution >= 4 is 28.3 Å². The molecule has 1 saturated heterocycles. The molecule has 0 atom stereocenters. The molecule has 166 valence electrons. The van der Waals surface area contributed by atoms with E-state index in [1.807, 2.05) is 24.3 Å². The molecular weight excluding hydrogens is 411 g/mol. The van der Waals surface area contributed by atoms with E-state index >= 15 is 0 Å². The Kier molecular flexibility index (Phi) is 5.99. The van der Waals surface area contributed by atoms with Gasteiger partial charge < -0.3 is 19.6 Å². The van der Waals surface area contributed by atoms with Crippen LogP contribution in [0.4, 0.5) is 10.1 Å². The number of benzene rings is 3. The number of nitrogens with zero attached hydrogens (tertiary/aromatic N) is 2. The van der Waals surface area contributed by atoms with Gasteiger partial charge in [-0.1, -0.05) is 12.1 Å². The van der Waals surface area contributed by atoms with Crippen LogP contribution in [-0.4, -0.2) is 55.2 Å². The van der Waals surface area contributed by atoms with E-state index in [0.29, 0.717) is 53.6 Å². The minimum absolute atomic E-state index is 0.190. The summed E-state index contributed by atoms with van der Waals surface area (Å²) < 4.78 is 19.2. The average Bonchev–Trinajstić information content (AvgIpc) is 2.79. The van der Waals surface area contributed by atoms with Crippen LogP contribution in [0.15, 0.2) is 48.5 Å². The summed E-state index contributed by atoms with van der Waals surface area (Å²) in [6, 6.07) is 13.8. The van der Waals surface area contributed by atoms with Crippen LogP contribution < -0.4 is 9.64 Å². The third-order valence-electron chi connectivity index (χ3n) is 6.03. The van der Waals surface area contributed by atoms with Gasteiger partial charge in [0.2, 0.25) is 0 Å². The Hall–Kier alpha value is -3.61. The summed E-state index contributed by atoms with van der Waals surface area (Å²) in [5.74, 6) is -0.805. The van der Waals surface area contributed by atoms with Crippen LogP contribution in [0.2, 0.25) is 0 Å². The zero-order chi connectivity index (χ0) is 22.8. The Labute approximate surface area is 185 Å². The number of carbonyl (C=O) groups excluding carboxylic acids is 1. The van der Waals surface area contributed by atoms with Gasteiger partial charge in [-0.2, -0.15) is 0 Å². The van der Waals surface area contributed by atoms with Gasteiger partial charge in [0.15, 0.2) is 0 Å². The highest BCUT2D eigenvalue weighted by Crippen LogP contribution is 2.29. The molecule has 0 aromatic heterocycles. The molecule has 3 aromatic carbocycles. The van der Waals surface area contributed by atoms with Gasteiger partial charge in [0.25, 0.3) is 5.91 Å². The number of ether oxygens (including phenoxy) is 1. The van der Waals surface area contributed by atoms with Gasteiger partial charge >= 0.3 is 5.97 Å². The molecular formula is C25H25FN2O4. The van der Waals surface area contributed by atoms with Crippen molar-refractivity contribution in [2.24, 2.45) is 0 Å². The number of anilines is 1. The lowest BCUT2D eigenvalue weighted by atomic mass is 9.92. The Morgan fingerprint density at radius 3 is 2.34 bits per heavy atom. The van der Waals surface area contributed by atoms with Crippen molar-refractivity contribution < 1.29 is 23.8 Å². The van der Waals surface area contributed by atoms with E-state index in [9.17, 15) is 19.1 Å². The third-order valence-corrected chi connectivity index (χ3v) is 6.03. The molecule has 0 spiro atoms. The number of halogens is 1. The van der Waals surface area contributed by atoms with Crippen LogP contribution >= 0.6 is 0 Å². The minimum atomic E-state index is -0.971. The van der Waals surface area contributed by atoms with Gasteiger partial charge in [0, 0.05) is 31.9 Å². The molecule has 3 aromatic rings. The number of carboxylic acids is 1. The van der Waals surface area contributed by atoms with Gasteiger partial charge in [-0.05, 0) is 65.2 Å². The molecule has 1 amide bonds. The largest absolute Gasteiger partial charge is 0.497 e. The highest BCUT2D eigenvalue weighted by atomic mass is 19.1. The normalized spacial score (nSPS) is 14.0. The van der Waals surface area contributed by atoms with Crippen LogP contribution in [0.5, 0.6) is 5.75 Å². The summed E-state index contributed by atoms with van der Waals surface area (Å²) in [7, 11) is 1.63. The third kappa shape index (κ3) is 4.23. The maximum Gasteiger partial charge on any atom is 0.307 e. The zero-order valence-electron chi connectivity index (χ0n) is 18.1. The zero-order valence-corrected chi connectivity index (χ0v) is 18.1. The number of rotatable bonds is 5. The number of hydrogen-bond donors (Lipinski definition) is 1. The number of amides is 1. The van der Waals surface area contributed by atoms with E-state index in [-0.39, 0.29) is 12.3 Å². The van der Waals surface area contributed by atoms with Crippen LogP contribution in [0.3, 0.4) is 0 Å². The summed E-state index contributed by atoms with van der Waals surface area (Å²) in [6.07, 6.45) is -0.190. The van der Waals surface area contributed by atoms with Gasteiger partial charge in [-0.25, -0.2) is 4.39 Å². The molecule has 1 fully saturated rings.